The lowest BCUT2D eigenvalue weighted by molar-refractivity contribution is 0.201. The first-order valence-electron chi connectivity index (χ1n) is 9.60. The zero-order chi connectivity index (χ0) is 17.3. The fourth-order valence-electron chi connectivity index (χ4n) is 4.24. The Hall–Kier alpha value is -2.47. The molecule has 2 aromatic heterocycles. The first-order chi connectivity index (χ1) is 12.9. The number of aryl methyl sites for hydroxylation is 1. The summed E-state index contributed by atoms with van der Waals surface area (Å²) in [5.41, 5.74) is 3.95. The maximum absolute atomic E-state index is 4.75. The first-order valence-corrected chi connectivity index (χ1v) is 9.60. The molecule has 0 amide bonds. The van der Waals surface area contributed by atoms with Gasteiger partial charge in [-0.25, -0.2) is 4.98 Å². The minimum absolute atomic E-state index is 0.481. The molecule has 2 aliphatic heterocycles. The lowest BCUT2D eigenvalue weighted by atomic mass is 9.96. The Morgan fingerprint density at radius 2 is 1.92 bits per heavy atom. The number of benzene rings is 1. The van der Waals surface area contributed by atoms with E-state index >= 15 is 0 Å². The summed E-state index contributed by atoms with van der Waals surface area (Å²) in [4.78, 5) is 7.31. The van der Waals surface area contributed by atoms with Crippen molar-refractivity contribution in [2.75, 3.05) is 13.1 Å². The van der Waals surface area contributed by atoms with Crippen LogP contribution in [0.5, 0.6) is 0 Å². The van der Waals surface area contributed by atoms with Crippen molar-refractivity contribution in [2.45, 2.75) is 44.7 Å². The lowest BCUT2D eigenvalue weighted by Gasteiger charge is -2.30. The van der Waals surface area contributed by atoms with E-state index in [0.29, 0.717) is 5.92 Å². The standard InChI is InChI=1S/C20H24N6/c1-2-5-15(6-3-1)19-22-20(24-23-19)16-8-11-25(12-9-16)14-17-13-21-26-10-4-7-18(17)26/h1-3,5-6,13,16H,4,7-12,14H2,(H,22,23,24). The average molecular weight is 348 g/mol. The van der Waals surface area contributed by atoms with E-state index in [1.54, 1.807) is 0 Å². The normalized spacial score (nSPS) is 18.3. The third-order valence-corrected chi connectivity index (χ3v) is 5.72. The number of likely N-dealkylation sites (tertiary alicyclic amines) is 1. The van der Waals surface area contributed by atoms with Crippen LogP contribution in [0, 0.1) is 0 Å². The summed E-state index contributed by atoms with van der Waals surface area (Å²) in [6, 6.07) is 10.2. The predicted octanol–water partition coefficient (Wildman–Crippen LogP) is 2.99. The van der Waals surface area contributed by atoms with Crippen molar-refractivity contribution in [3.05, 3.63) is 53.6 Å². The van der Waals surface area contributed by atoms with Gasteiger partial charge in [-0.15, -0.1) is 0 Å². The molecule has 3 aromatic rings. The number of hydrogen-bond acceptors (Lipinski definition) is 4. The van der Waals surface area contributed by atoms with Gasteiger partial charge in [0.15, 0.2) is 5.82 Å². The fraction of sp³-hybridized carbons (Fsp3) is 0.450. The number of fused-ring (bicyclic) bond motifs is 1. The fourth-order valence-corrected chi connectivity index (χ4v) is 4.24. The van der Waals surface area contributed by atoms with Gasteiger partial charge < -0.3 is 0 Å². The van der Waals surface area contributed by atoms with Gasteiger partial charge in [0.2, 0.25) is 0 Å². The van der Waals surface area contributed by atoms with Crippen molar-refractivity contribution in [1.29, 1.82) is 0 Å². The molecule has 0 radical (unpaired) electrons. The summed E-state index contributed by atoms with van der Waals surface area (Å²) >= 11 is 0. The number of piperidine rings is 1. The van der Waals surface area contributed by atoms with Crippen LogP contribution in [0.1, 0.15) is 42.3 Å². The molecule has 1 fully saturated rings. The highest BCUT2D eigenvalue weighted by molar-refractivity contribution is 5.53. The molecule has 1 N–H and O–H groups in total. The third-order valence-electron chi connectivity index (χ3n) is 5.72. The predicted molar refractivity (Wildman–Crippen MR) is 99.6 cm³/mol. The van der Waals surface area contributed by atoms with Crippen molar-refractivity contribution >= 4 is 0 Å². The molecule has 134 valence electrons. The number of nitrogens with one attached hydrogen (secondary N) is 1. The van der Waals surface area contributed by atoms with Crippen LogP contribution in [0.15, 0.2) is 36.5 Å². The smallest absolute Gasteiger partial charge is 0.181 e. The molecule has 5 rings (SSSR count). The summed E-state index contributed by atoms with van der Waals surface area (Å²) in [5.74, 6) is 2.32. The zero-order valence-electron chi connectivity index (χ0n) is 14.9. The molecule has 0 spiro atoms. The van der Waals surface area contributed by atoms with Gasteiger partial charge in [-0.05, 0) is 38.8 Å². The average Bonchev–Trinajstić information content (AvgIpc) is 3.42. The van der Waals surface area contributed by atoms with E-state index in [2.05, 4.69) is 43.2 Å². The maximum Gasteiger partial charge on any atom is 0.181 e. The highest BCUT2D eigenvalue weighted by Gasteiger charge is 2.25. The first kappa shape index (κ1) is 15.8. The molecule has 1 aromatic carbocycles. The summed E-state index contributed by atoms with van der Waals surface area (Å²) in [6.45, 7) is 4.34. The zero-order valence-corrected chi connectivity index (χ0v) is 14.9. The Balaban J connectivity index is 1.21. The summed E-state index contributed by atoms with van der Waals surface area (Å²) in [6.07, 6.45) is 6.77. The largest absolute Gasteiger partial charge is 0.299 e. The molecule has 4 heterocycles. The molecule has 0 saturated carbocycles. The Morgan fingerprint density at radius 1 is 1.08 bits per heavy atom. The van der Waals surface area contributed by atoms with E-state index in [1.165, 1.54) is 24.1 Å². The molecule has 6 nitrogen and oxygen atoms in total. The summed E-state index contributed by atoms with van der Waals surface area (Å²) in [5, 5.41) is 12.1. The number of H-pyrrole nitrogens is 1. The molecule has 0 unspecified atom stereocenters. The van der Waals surface area contributed by atoms with Crippen LogP contribution in [0.2, 0.25) is 0 Å². The number of aromatic nitrogens is 5. The van der Waals surface area contributed by atoms with Crippen LogP contribution in [0.3, 0.4) is 0 Å². The van der Waals surface area contributed by atoms with E-state index in [9.17, 15) is 0 Å². The van der Waals surface area contributed by atoms with E-state index in [-0.39, 0.29) is 0 Å². The number of hydrogen-bond donors (Lipinski definition) is 1. The Kier molecular flexibility index (Phi) is 4.05. The van der Waals surface area contributed by atoms with E-state index < -0.39 is 0 Å². The van der Waals surface area contributed by atoms with Gasteiger partial charge in [-0.3, -0.25) is 14.7 Å². The van der Waals surface area contributed by atoms with E-state index in [1.807, 2.05) is 18.2 Å². The topological polar surface area (TPSA) is 62.6 Å². The highest BCUT2D eigenvalue weighted by Crippen LogP contribution is 2.28. The summed E-state index contributed by atoms with van der Waals surface area (Å²) in [7, 11) is 0. The molecule has 6 heteroatoms. The quantitative estimate of drug-likeness (QED) is 0.787. The number of aromatic amines is 1. The van der Waals surface area contributed by atoms with Crippen molar-refractivity contribution in [3.63, 3.8) is 0 Å². The molecular formula is C20H24N6. The van der Waals surface area contributed by atoms with Crippen molar-refractivity contribution in [1.82, 2.24) is 29.9 Å². The maximum atomic E-state index is 4.75. The van der Waals surface area contributed by atoms with Gasteiger partial charge in [-0.2, -0.15) is 10.2 Å². The van der Waals surface area contributed by atoms with Crippen LogP contribution < -0.4 is 0 Å². The molecule has 1 saturated heterocycles. The van der Waals surface area contributed by atoms with Crippen LogP contribution in [0.4, 0.5) is 0 Å². The Bertz CT molecular complexity index is 873. The van der Waals surface area contributed by atoms with Gasteiger partial charge in [0, 0.05) is 35.8 Å². The lowest BCUT2D eigenvalue weighted by Crippen LogP contribution is -2.33. The second-order valence-corrected chi connectivity index (χ2v) is 7.40. The van der Waals surface area contributed by atoms with E-state index in [4.69, 9.17) is 4.98 Å². The molecule has 0 aliphatic carbocycles. The Labute approximate surface area is 153 Å². The van der Waals surface area contributed by atoms with Crippen molar-refractivity contribution in [2.24, 2.45) is 0 Å². The van der Waals surface area contributed by atoms with Gasteiger partial charge in [0.1, 0.15) is 5.82 Å². The van der Waals surface area contributed by atoms with E-state index in [0.717, 1.165) is 56.2 Å². The molecule has 26 heavy (non-hydrogen) atoms. The number of nitrogens with zero attached hydrogens (tertiary/aromatic N) is 5. The molecular weight excluding hydrogens is 324 g/mol. The molecule has 0 atom stereocenters. The minimum Gasteiger partial charge on any atom is -0.299 e. The molecule has 2 aliphatic rings. The Morgan fingerprint density at radius 3 is 2.77 bits per heavy atom. The van der Waals surface area contributed by atoms with Gasteiger partial charge in [0.25, 0.3) is 0 Å². The monoisotopic (exact) mass is 348 g/mol. The SMILES string of the molecule is c1ccc(-c2n[nH]c(C3CCN(Cc4cnn5c4CCC5)CC3)n2)cc1. The van der Waals surface area contributed by atoms with Gasteiger partial charge >= 0.3 is 0 Å². The van der Waals surface area contributed by atoms with Crippen molar-refractivity contribution < 1.29 is 0 Å². The van der Waals surface area contributed by atoms with Crippen LogP contribution >= 0.6 is 0 Å². The highest BCUT2D eigenvalue weighted by atomic mass is 15.3. The third kappa shape index (κ3) is 2.94. The number of rotatable bonds is 4. The minimum atomic E-state index is 0.481. The van der Waals surface area contributed by atoms with Crippen LogP contribution in [-0.4, -0.2) is 43.0 Å². The van der Waals surface area contributed by atoms with Crippen LogP contribution in [0.25, 0.3) is 11.4 Å². The molecule has 0 bridgehead atoms. The second kappa shape index (κ2) is 6.68. The second-order valence-electron chi connectivity index (χ2n) is 7.40. The van der Waals surface area contributed by atoms with Crippen LogP contribution in [-0.2, 0) is 19.5 Å². The van der Waals surface area contributed by atoms with Gasteiger partial charge in [0.05, 0.1) is 6.20 Å². The summed E-state index contributed by atoms with van der Waals surface area (Å²) < 4.78 is 2.18. The van der Waals surface area contributed by atoms with Crippen molar-refractivity contribution in [3.8, 4) is 11.4 Å². The van der Waals surface area contributed by atoms with Gasteiger partial charge in [-0.1, -0.05) is 30.3 Å².